The molecule has 1 aromatic carbocycles. The van der Waals surface area contributed by atoms with Crippen LogP contribution in [0.25, 0.3) is 0 Å². The molecule has 0 radical (unpaired) electrons. The smallest absolute Gasteiger partial charge is 0.161 e. The lowest BCUT2D eigenvalue weighted by Crippen LogP contribution is -2.11. The molecule has 1 atom stereocenters. The lowest BCUT2D eigenvalue weighted by molar-refractivity contribution is 0.203. The van der Waals surface area contributed by atoms with E-state index in [4.69, 9.17) is 9.47 Å². The highest BCUT2D eigenvalue weighted by Crippen LogP contribution is 2.30. The molecule has 0 spiro atoms. The number of alkyl halides is 1. The first kappa shape index (κ1) is 13.4. The zero-order valence-corrected chi connectivity index (χ0v) is 11.7. The minimum absolute atomic E-state index is 0.217. The van der Waals surface area contributed by atoms with Crippen molar-refractivity contribution in [3.63, 3.8) is 0 Å². The third kappa shape index (κ3) is 3.71. The standard InChI is InChI=1S/C13H19BrO2/c1-4-10(3)16-12-7-6-11(9-14)8-13(12)15-5-2/h6-8,10H,4-5,9H2,1-3H3. The molecule has 3 heteroatoms. The molecule has 0 heterocycles. The Bertz CT molecular complexity index is 326. The van der Waals surface area contributed by atoms with Crippen molar-refractivity contribution < 1.29 is 9.47 Å². The normalized spacial score (nSPS) is 12.2. The van der Waals surface area contributed by atoms with Gasteiger partial charge in [-0.1, -0.05) is 28.9 Å². The molecule has 2 nitrogen and oxygen atoms in total. The summed E-state index contributed by atoms with van der Waals surface area (Å²) in [6.45, 7) is 6.81. The van der Waals surface area contributed by atoms with Crippen LogP contribution in [-0.2, 0) is 5.33 Å². The van der Waals surface area contributed by atoms with E-state index in [9.17, 15) is 0 Å². The van der Waals surface area contributed by atoms with Gasteiger partial charge in [0.25, 0.3) is 0 Å². The van der Waals surface area contributed by atoms with Gasteiger partial charge in [0.1, 0.15) is 0 Å². The van der Waals surface area contributed by atoms with Gasteiger partial charge >= 0.3 is 0 Å². The van der Waals surface area contributed by atoms with Crippen LogP contribution < -0.4 is 9.47 Å². The summed E-state index contributed by atoms with van der Waals surface area (Å²) in [5.41, 5.74) is 1.19. The third-order valence-corrected chi connectivity index (χ3v) is 3.01. The van der Waals surface area contributed by atoms with Gasteiger partial charge in [0.05, 0.1) is 12.7 Å². The molecule has 0 amide bonds. The zero-order valence-electron chi connectivity index (χ0n) is 10.1. The summed E-state index contributed by atoms with van der Waals surface area (Å²) < 4.78 is 11.4. The van der Waals surface area contributed by atoms with Gasteiger partial charge in [0.15, 0.2) is 11.5 Å². The van der Waals surface area contributed by atoms with Crippen molar-refractivity contribution in [1.82, 2.24) is 0 Å². The molecule has 0 aliphatic carbocycles. The SMILES string of the molecule is CCOc1cc(CBr)ccc1OC(C)CC. The predicted octanol–water partition coefficient (Wildman–Crippen LogP) is 4.16. The molecule has 1 aromatic rings. The van der Waals surface area contributed by atoms with E-state index < -0.39 is 0 Å². The highest BCUT2D eigenvalue weighted by Gasteiger charge is 2.08. The summed E-state index contributed by atoms with van der Waals surface area (Å²) in [7, 11) is 0. The van der Waals surface area contributed by atoms with Crippen LogP contribution in [0.5, 0.6) is 11.5 Å². The highest BCUT2D eigenvalue weighted by molar-refractivity contribution is 9.08. The van der Waals surface area contributed by atoms with Crippen molar-refractivity contribution in [2.45, 2.75) is 38.6 Å². The third-order valence-electron chi connectivity index (χ3n) is 2.37. The molecule has 0 saturated carbocycles. The fourth-order valence-corrected chi connectivity index (χ4v) is 1.65. The zero-order chi connectivity index (χ0) is 12.0. The molecule has 0 fully saturated rings. The van der Waals surface area contributed by atoms with E-state index in [1.54, 1.807) is 0 Å². The molecule has 0 bridgehead atoms. The lowest BCUT2D eigenvalue weighted by Gasteiger charge is -2.16. The van der Waals surface area contributed by atoms with Crippen molar-refractivity contribution >= 4 is 15.9 Å². The topological polar surface area (TPSA) is 18.5 Å². The molecule has 0 aromatic heterocycles. The van der Waals surface area contributed by atoms with Gasteiger partial charge < -0.3 is 9.47 Å². The van der Waals surface area contributed by atoms with Crippen LogP contribution in [0.1, 0.15) is 32.8 Å². The van der Waals surface area contributed by atoms with Gasteiger partial charge in [-0.3, -0.25) is 0 Å². The minimum atomic E-state index is 0.217. The second kappa shape index (κ2) is 6.79. The molecule has 0 N–H and O–H groups in total. The molecular formula is C13H19BrO2. The largest absolute Gasteiger partial charge is 0.490 e. The molecule has 0 saturated heterocycles. The number of rotatable bonds is 6. The molecular weight excluding hydrogens is 268 g/mol. The maximum atomic E-state index is 5.81. The Morgan fingerprint density at radius 3 is 2.56 bits per heavy atom. The van der Waals surface area contributed by atoms with E-state index >= 15 is 0 Å². The quantitative estimate of drug-likeness (QED) is 0.731. The summed E-state index contributed by atoms with van der Waals surface area (Å²) in [6, 6.07) is 6.05. The van der Waals surface area contributed by atoms with E-state index in [1.165, 1.54) is 5.56 Å². The first-order valence-electron chi connectivity index (χ1n) is 5.69. The van der Waals surface area contributed by atoms with Crippen molar-refractivity contribution in [2.75, 3.05) is 6.61 Å². The summed E-state index contributed by atoms with van der Waals surface area (Å²) in [5.74, 6) is 1.67. The van der Waals surface area contributed by atoms with Crippen LogP contribution in [0.15, 0.2) is 18.2 Å². The molecule has 0 aliphatic heterocycles. The van der Waals surface area contributed by atoms with Crippen molar-refractivity contribution in [2.24, 2.45) is 0 Å². The number of hydrogen-bond acceptors (Lipinski definition) is 2. The molecule has 1 rings (SSSR count). The Labute approximate surface area is 106 Å². The monoisotopic (exact) mass is 286 g/mol. The molecule has 0 aliphatic rings. The van der Waals surface area contributed by atoms with Crippen LogP contribution in [-0.4, -0.2) is 12.7 Å². The van der Waals surface area contributed by atoms with Crippen LogP contribution in [0.2, 0.25) is 0 Å². The Kier molecular flexibility index (Phi) is 5.67. The first-order valence-corrected chi connectivity index (χ1v) is 6.81. The average Bonchev–Trinajstić information content (AvgIpc) is 2.31. The summed E-state index contributed by atoms with van der Waals surface area (Å²) >= 11 is 3.44. The first-order chi connectivity index (χ1) is 7.71. The summed E-state index contributed by atoms with van der Waals surface area (Å²) in [4.78, 5) is 0. The predicted molar refractivity (Wildman–Crippen MR) is 70.6 cm³/mol. The number of hydrogen-bond donors (Lipinski definition) is 0. The molecule has 1 unspecified atom stereocenters. The Hall–Kier alpha value is -0.700. The maximum absolute atomic E-state index is 5.81. The van der Waals surface area contributed by atoms with E-state index in [1.807, 2.05) is 19.1 Å². The van der Waals surface area contributed by atoms with Crippen LogP contribution in [0, 0.1) is 0 Å². The van der Waals surface area contributed by atoms with Crippen molar-refractivity contribution in [3.8, 4) is 11.5 Å². The van der Waals surface area contributed by atoms with Gasteiger partial charge in [0.2, 0.25) is 0 Å². The van der Waals surface area contributed by atoms with Crippen LogP contribution in [0.4, 0.5) is 0 Å². The van der Waals surface area contributed by atoms with E-state index in [2.05, 4.69) is 35.8 Å². The van der Waals surface area contributed by atoms with Crippen molar-refractivity contribution in [1.29, 1.82) is 0 Å². The second-order valence-electron chi connectivity index (χ2n) is 3.68. The Morgan fingerprint density at radius 2 is 2.00 bits per heavy atom. The fraction of sp³-hybridized carbons (Fsp3) is 0.538. The van der Waals surface area contributed by atoms with Crippen molar-refractivity contribution in [3.05, 3.63) is 23.8 Å². The van der Waals surface area contributed by atoms with Gasteiger partial charge in [-0.15, -0.1) is 0 Å². The maximum Gasteiger partial charge on any atom is 0.161 e. The number of halogens is 1. The van der Waals surface area contributed by atoms with Gasteiger partial charge in [-0.05, 0) is 38.0 Å². The second-order valence-corrected chi connectivity index (χ2v) is 4.25. The number of ether oxygens (including phenoxy) is 2. The van der Waals surface area contributed by atoms with Crippen LogP contribution >= 0.6 is 15.9 Å². The lowest BCUT2D eigenvalue weighted by atomic mass is 10.2. The van der Waals surface area contributed by atoms with Gasteiger partial charge in [-0.25, -0.2) is 0 Å². The molecule has 90 valence electrons. The van der Waals surface area contributed by atoms with E-state index in [0.717, 1.165) is 23.2 Å². The van der Waals surface area contributed by atoms with Gasteiger partial charge in [-0.2, -0.15) is 0 Å². The Morgan fingerprint density at radius 1 is 1.25 bits per heavy atom. The fourth-order valence-electron chi connectivity index (χ4n) is 1.30. The number of benzene rings is 1. The Balaban J connectivity index is 2.88. The van der Waals surface area contributed by atoms with E-state index in [-0.39, 0.29) is 6.10 Å². The average molecular weight is 287 g/mol. The molecule has 16 heavy (non-hydrogen) atoms. The minimum Gasteiger partial charge on any atom is -0.490 e. The highest BCUT2D eigenvalue weighted by atomic mass is 79.9. The van der Waals surface area contributed by atoms with E-state index in [0.29, 0.717) is 6.61 Å². The summed E-state index contributed by atoms with van der Waals surface area (Å²) in [5, 5.41) is 0.830. The van der Waals surface area contributed by atoms with Crippen LogP contribution in [0.3, 0.4) is 0 Å². The van der Waals surface area contributed by atoms with Gasteiger partial charge in [0, 0.05) is 5.33 Å². The summed E-state index contributed by atoms with van der Waals surface area (Å²) in [6.07, 6.45) is 1.21.